The van der Waals surface area contributed by atoms with Crippen molar-refractivity contribution in [2.75, 3.05) is 0 Å². The molecule has 0 heterocycles. The molecular weight excluding hydrogens is 238 g/mol. The molecule has 0 aliphatic carbocycles. The van der Waals surface area contributed by atoms with Crippen molar-refractivity contribution < 1.29 is 4.79 Å². The molecule has 0 saturated carbocycles. The van der Waals surface area contributed by atoms with Gasteiger partial charge in [0.25, 0.3) is 0 Å². The zero-order valence-electron chi connectivity index (χ0n) is 12.7. The van der Waals surface area contributed by atoms with E-state index in [1.165, 1.54) is 6.20 Å². The molecule has 4 nitrogen and oxygen atoms in total. The van der Waals surface area contributed by atoms with Crippen LogP contribution >= 0.6 is 0 Å². The minimum absolute atomic E-state index is 0.175. The Morgan fingerprint density at radius 3 is 2.42 bits per heavy atom. The number of amides is 1. The highest BCUT2D eigenvalue weighted by Crippen LogP contribution is 2.22. The van der Waals surface area contributed by atoms with Crippen LogP contribution in [0, 0.1) is 5.41 Å². The third-order valence-electron chi connectivity index (χ3n) is 2.82. The van der Waals surface area contributed by atoms with Gasteiger partial charge in [-0.3, -0.25) is 4.79 Å². The van der Waals surface area contributed by atoms with E-state index < -0.39 is 6.04 Å². The van der Waals surface area contributed by atoms with Gasteiger partial charge in [-0.15, -0.1) is 0 Å². The molecule has 0 aromatic carbocycles. The molecule has 0 aliphatic heterocycles. The fraction of sp³-hybridized carbons (Fsp3) is 0.667. The summed E-state index contributed by atoms with van der Waals surface area (Å²) in [5.41, 5.74) is 12.2. The molecule has 0 unspecified atom stereocenters. The molecule has 0 bridgehead atoms. The Bertz CT molecular complexity index is 327. The van der Waals surface area contributed by atoms with Crippen molar-refractivity contribution in [2.24, 2.45) is 16.9 Å². The van der Waals surface area contributed by atoms with E-state index in [0.29, 0.717) is 17.5 Å². The van der Waals surface area contributed by atoms with Gasteiger partial charge in [0.05, 0.1) is 11.7 Å². The first-order valence-corrected chi connectivity index (χ1v) is 6.91. The maximum Gasteiger partial charge on any atom is 0.241 e. The Kier molecular flexibility index (Phi) is 8.16. The van der Waals surface area contributed by atoms with Gasteiger partial charge in [0, 0.05) is 6.20 Å². The van der Waals surface area contributed by atoms with Gasteiger partial charge < -0.3 is 16.8 Å². The molecular formula is C15H29N3O. The van der Waals surface area contributed by atoms with E-state index in [-0.39, 0.29) is 5.91 Å². The fourth-order valence-electron chi connectivity index (χ4n) is 1.70. The third-order valence-corrected chi connectivity index (χ3v) is 2.82. The second-order valence-corrected chi connectivity index (χ2v) is 6.02. The minimum atomic E-state index is -0.472. The first-order valence-electron chi connectivity index (χ1n) is 6.91. The number of hydrogen-bond acceptors (Lipinski definition) is 3. The molecule has 0 aliphatic rings. The number of nitrogens with one attached hydrogen (secondary N) is 1. The summed E-state index contributed by atoms with van der Waals surface area (Å²) >= 11 is 0. The summed E-state index contributed by atoms with van der Waals surface area (Å²) < 4.78 is 0. The van der Waals surface area contributed by atoms with Crippen LogP contribution in [0.4, 0.5) is 0 Å². The van der Waals surface area contributed by atoms with Crippen molar-refractivity contribution in [2.45, 2.75) is 59.4 Å². The summed E-state index contributed by atoms with van der Waals surface area (Å²) in [6.45, 7) is 8.52. The van der Waals surface area contributed by atoms with Crippen LogP contribution in [-0.4, -0.2) is 11.9 Å². The fourth-order valence-corrected chi connectivity index (χ4v) is 1.70. The lowest BCUT2D eigenvalue weighted by atomic mass is 9.89. The largest absolute Gasteiger partial charge is 0.403 e. The Morgan fingerprint density at radius 1 is 1.32 bits per heavy atom. The van der Waals surface area contributed by atoms with Crippen molar-refractivity contribution in [3.63, 3.8) is 0 Å². The van der Waals surface area contributed by atoms with E-state index in [9.17, 15) is 4.79 Å². The predicted molar refractivity (Wildman–Crippen MR) is 81.1 cm³/mol. The number of nitrogens with two attached hydrogens (primary N) is 2. The molecule has 0 fully saturated rings. The molecule has 0 spiro atoms. The number of allylic oxidation sites excluding steroid dienone is 2. The van der Waals surface area contributed by atoms with Gasteiger partial charge in [-0.2, -0.15) is 0 Å². The quantitative estimate of drug-likeness (QED) is 0.489. The van der Waals surface area contributed by atoms with Gasteiger partial charge in [-0.1, -0.05) is 39.7 Å². The predicted octanol–water partition coefficient (Wildman–Crippen LogP) is 2.41. The summed E-state index contributed by atoms with van der Waals surface area (Å²) in [5, 5.41) is 2.71. The Hall–Kier alpha value is -1.29. The Balaban J connectivity index is 4.01. The zero-order chi connectivity index (χ0) is 14.9. The first-order chi connectivity index (χ1) is 8.80. The molecule has 0 aromatic rings. The molecule has 110 valence electrons. The van der Waals surface area contributed by atoms with Gasteiger partial charge in [0.2, 0.25) is 5.91 Å². The summed E-state index contributed by atoms with van der Waals surface area (Å²) in [5.74, 6) is -0.175. The van der Waals surface area contributed by atoms with Gasteiger partial charge in [-0.05, 0) is 31.3 Å². The first kappa shape index (κ1) is 17.7. The smallest absolute Gasteiger partial charge is 0.241 e. The van der Waals surface area contributed by atoms with E-state index in [0.717, 1.165) is 19.3 Å². The summed E-state index contributed by atoms with van der Waals surface area (Å²) in [6.07, 6.45) is 8.84. The van der Waals surface area contributed by atoms with Crippen LogP contribution in [0.25, 0.3) is 0 Å². The highest BCUT2D eigenvalue weighted by molar-refractivity contribution is 5.83. The molecule has 19 heavy (non-hydrogen) atoms. The summed E-state index contributed by atoms with van der Waals surface area (Å²) in [4.78, 5) is 11.8. The van der Waals surface area contributed by atoms with E-state index in [2.05, 4.69) is 26.1 Å². The molecule has 4 heteroatoms. The van der Waals surface area contributed by atoms with Crippen LogP contribution in [0.15, 0.2) is 24.0 Å². The lowest BCUT2D eigenvalue weighted by molar-refractivity contribution is -0.121. The van der Waals surface area contributed by atoms with Gasteiger partial charge >= 0.3 is 0 Å². The second-order valence-electron chi connectivity index (χ2n) is 6.02. The van der Waals surface area contributed by atoms with Crippen LogP contribution in [0.2, 0.25) is 0 Å². The maximum absolute atomic E-state index is 11.8. The van der Waals surface area contributed by atoms with Crippen molar-refractivity contribution >= 4 is 5.91 Å². The van der Waals surface area contributed by atoms with Crippen LogP contribution < -0.4 is 16.8 Å². The Morgan fingerprint density at radius 2 is 1.95 bits per heavy atom. The average Bonchev–Trinajstić information content (AvgIpc) is 2.32. The lowest BCUT2D eigenvalue weighted by Crippen LogP contribution is -2.40. The molecule has 1 amide bonds. The number of unbranched alkanes of at least 4 members (excludes halogenated alkanes) is 1. The highest BCUT2D eigenvalue weighted by atomic mass is 16.2. The molecule has 5 N–H and O–H groups in total. The molecule has 0 radical (unpaired) electrons. The van der Waals surface area contributed by atoms with E-state index in [4.69, 9.17) is 11.5 Å². The topological polar surface area (TPSA) is 81.1 Å². The highest BCUT2D eigenvalue weighted by Gasteiger charge is 2.14. The van der Waals surface area contributed by atoms with E-state index >= 15 is 0 Å². The van der Waals surface area contributed by atoms with Crippen molar-refractivity contribution in [3.8, 4) is 0 Å². The van der Waals surface area contributed by atoms with Gasteiger partial charge in [0.1, 0.15) is 0 Å². The normalized spacial score (nSPS) is 14.7. The molecule has 0 aromatic heterocycles. The van der Waals surface area contributed by atoms with Crippen LogP contribution in [-0.2, 0) is 4.79 Å². The molecule has 1 atom stereocenters. The lowest BCUT2D eigenvalue weighted by Gasteiger charge is -2.18. The number of carbonyl (C=O) groups excluding carboxylic acids is 1. The monoisotopic (exact) mass is 267 g/mol. The number of hydrogen-bond donors (Lipinski definition) is 3. The van der Waals surface area contributed by atoms with Crippen LogP contribution in [0.5, 0.6) is 0 Å². The minimum Gasteiger partial charge on any atom is -0.403 e. The second kappa shape index (κ2) is 8.75. The number of carbonyl (C=O) groups is 1. The van der Waals surface area contributed by atoms with E-state index in [1.54, 1.807) is 6.08 Å². The van der Waals surface area contributed by atoms with Crippen molar-refractivity contribution in [3.05, 3.63) is 24.0 Å². The van der Waals surface area contributed by atoms with Crippen molar-refractivity contribution in [1.29, 1.82) is 0 Å². The average molecular weight is 267 g/mol. The summed E-state index contributed by atoms with van der Waals surface area (Å²) in [7, 11) is 0. The van der Waals surface area contributed by atoms with Crippen LogP contribution in [0.1, 0.15) is 53.4 Å². The maximum atomic E-state index is 11.8. The zero-order valence-corrected chi connectivity index (χ0v) is 12.7. The van der Waals surface area contributed by atoms with Crippen molar-refractivity contribution in [1.82, 2.24) is 5.32 Å². The van der Waals surface area contributed by atoms with Gasteiger partial charge in [0.15, 0.2) is 0 Å². The number of rotatable bonds is 7. The van der Waals surface area contributed by atoms with Gasteiger partial charge in [-0.25, -0.2) is 0 Å². The van der Waals surface area contributed by atoms with Crippen LogP contribution in [0.3, 0.4) is 0 Å². The molecule has 0 saturated heterocycles. The summed E-state index contributed by atoms with van der Waals surface area (Å²) in [6, 6.07) is -0.472. The SMILES string of the molecule is C/C=C\C(=C/N)NC(=O)[C@@H](N)CCCCC(C)(C)C. The molecule has 0 rings (SSSR count). The standard InChI is InChI=1S/C15H29N3O/c1-5-8-12(11-16)18-14(19)13(17)9-6-7-10-15(2,3)4/h5,8,11,13H,6-7,9-10,16-17H2,1-4H3,(H,18,19)/b8-5-,12-11+/t13-/m0/s1. The Labute approximate surface area is 117 Å². The third kappa shape index (κ3) is 9.31. The van der Waals surface area contributed by atoms with E-state index in [1.807, 2.05) is 13.0 Å².